The summed E-state index contributed by atoms with van der Waals surface area (Å²) in [6.45, 7) is -0.256. The van der Waals surface area contributed by atoms with Gasteiger partial charge < -0.3 is 10.1 Å². The zero-order valence-corrected chi connectivity index (χ0v) is 8.93. The molecule has 16 heavy (non-hydrogen) atoms. The summed E-state index contributed by atoms with van der Waals surface area (Å²) in [5.74, 6) is 0. The van der Waals surface area contributed by atoms with Gasteiger partial charge in [0.15, 0.2) is 0 Å². The average molecular weight is 254 g/mol. The number of nitrogens with one attached hydrogen (secondary N) is 2. The fourth-order valence-electron chi connectivity index (χ4n) is 0.937. The molecule has 0 unspecified atom stereocenters. The van der Waals surface area contributed by atoms with Gasteiger partial charge in [-0.1, -0.05) is 11.6 Å². The van der Waals surface area contributed by atoms with Crippen molar-refractivity contribution in [2.45, 2.75) is 6.43 Å². The molecule has 8 heteroatoms. The smallest absolute Gasteiger partial charge is 0.285 e. The number of aromatic amines is 1. The maximum Gasteiger partial charge on any atom is 0.285 e. The van der Waals surface area contributed by atoms with E-state index in [0.717, 1.165) is 0 Å². The second-order valence-electron chi connectivity index (χ2n) is 2.82. The summed E-state index contributed by atoms with van der Waals surface area (Å²) in [7, 11) is 0. The fraction of sp³-hybridized carbons (Fsp3) is 0.500. The van der Waals surface area contributed by atoms with Crippen molar-refractivity contribution in [2.75, 3.05) is 25.1 Å². The van der Waals surface area contributed by atoms with Crippen LogP contribution >= 0.6 is 11.6 Å². The largest absolute Gasteiger partial charge is 0.380 e. The summed E-state index contributed by atoms with van der Waals surface area (Å²) in [4.78, 5) is 11.0. The molecule has 0 amide bonds. The third-order valence-electron chi connectivity index (χ3n) is 1.60. The Morgan fingerprint density at radius 2 is 2.38 bits per heavy atom. The van der Waals surface area contributed by atoms with Gasteiger partial charge in [-0.2, -0.15) is 5.10 Å². The van der Waals surface area contributed by atoms with Crippen LogP contribution in [0.3, 0.4) is 0 Å². The summed E-state index contributed by atoms with van der Waals surface area (Å²) in [6.07, 6.45) is -1.15. The lowest BCUT2D eigenvalue weighted by molar-refractivity contribution is 0.0215. The molecule has 0 aliphatic heterocycles. The topological polar surface area (TPSA) is 67.0 Å². The van der Waals surface area contributed by atoms with E-state index < -0.39 is 18.6 Å². The molecule has 0 aliphatic carbocycles. The van der Waals surface area contributed by atoms with E-state index in [-0.39, 0.29) is 18.2 Å². The molecule has 0 fully saturated rings. The number of halogens is 3. The summed E-state index contributed by atoms with van der Waals surface area (Å²) in [5, 5.41) is 8.39. The Hall–Kier alpha value is -1.21. The van der Waals surface area contributed by atoms with Crippen molar-refractivity contribution in [3.63, 3.8) is 0 Å². The van der Waals surface area contributed by atoms with Gasteiger partial charge in [-0.3, -0.25) is 4.79 Å². The molecule has 0 saturated heterocycles. The van der Waals surface area contributed by atoms with Gasteiger partial charge in [-0.25, -0.2) is 13.9 Å². The summed E-state index contributed by atoms with van der Waals surface area (Å²) in [5.41, 5.74) is -0.175. The highest BCUT2D eigenvalue weighted by Gasteiger charge is 2.04. The van der Waals surface area contributed by atoms with E-state index in [9.17, 15) is 13.6 Å². The molecule has 0 aromatic carbocycles. The number of hydrogen-bond acceptors (Lipinski definition) is 4. The van der Waals surface area contributed by atoms with Crippen molar-refractivity contribution in [3.8, 4) is 0 Å². The van der Waals surface area contributed by atoms with Gasteiger partial charge >= 0.3 is 0 Å². The fourth-order valence-corrected chi connectivity index (χ4v) is 1.09. The van der Waals surface area contributed by atoms with Crippen LogP contribution in [-0.2, 0) is 4.74 Å². The van der Waals surface area contributed by atoms with Gasteiger partial charge in [-0.15, -0.1) is 0 Å². The number of ether oxygens (including phenoxy) is 1. The second kappa shape index (κ2) is 6.39. The molecule has 90 valence electrons. The molecule has 0 atom stereocenters. The van der Waals surface area contributed by atoms with Crippen LogP contribution in [0.15, 0.2) is 11.0 Å². The first-order valence-corrected chi connectivity index (χ1v) is 4.82. The van der Waals surface area contributed by atoms with E-state index in [4.69, 9.17) is 11.6 Å². The highest BCUT2D eigenvalue weighted by Crippen LogP contribution is 2.13. The van der Waals surface area contributed by atoms with E-state index >= 15 is 0 Å². The van der Waals surface area contributed by atoms with Crippen LogP contribution < -0.4 is 10.9 Å². The highest BCUT2D eigenvalue weighted by atomic mass is 35.5. The maximum absolute atomic E-state index is 11.7. The number of anilines is 1. The van der Waals surface area contributed by atoms with Crippen LogP contribution in [0.2, 0.25) is 5.02 Å². The number of hydrogen-bond donors (Lipinski definition) is 2. The quantitative estimate of drug-likeness (QED) is 0.746. The van der Waals surface area contributed by atoms with Gasteiger partial charge in [0.25, 0.3) is 12.0 Å². The first kappa shape index (κ1) is 12.9. The Balaban J connectivity index is 2.32. The van der Waals surface area contributed by atoms with Crippen molar-refractivity contribution in [3.05, 3.63) is 21.6 Å². The standard InChI is InChI=1S/C8H10ClF2N3O2/c9-7-5(3-13-14-8(7)15)12-1-2-16-4-6(10)11/h3,6H,1-2,4H2,(H2,12,14,15). The van der Waals surface area contributed by atoms with Gasteiger partial charge in [0.05, 0.1) is 18.5 Å². The molecule has 1 rings (SSSR count). The van der Waals surface area contributed by atoms with Crippen molar-refractivity contribution < 1.29 is 13.5 Å². The van der Waals surface area contributed by atoms with Crippen LogP contribution in [0.1, 0.15) is 0 Å². The number of rotatable bonds is 6. The zero-order chi connectivity index (χ0) is 12.0. The number of H-pyrrole nitrogens is 1. The third kappa shape index (κ3) is 4.11. The molecule has 2 N–H and O–H groups in total. The van der Waals surface area contributed by atoms with Gasteiger partial charge in [0, 0.05) is 6.54 Å². The van der Waals surface area contributed by atoms with Crippen LogP contribution in [0.5, 0.6) is 0 Å². The van der Waals surface area contributed by atoms with Crippen molar-refractivity contribution in [1.82, 2.24) is 10.2 Å². The van der Waals surface area contributed by atoms with Crippen molar-refractivity contribution >= 4 is 17.3 Å². The molecule has 0 radical (unpaired) electrons. The Kier molecular flexibility index (Phi) is 5.13. The van der Waals surface area contributed by atoms with Crippen LogP contribution in [0.25, 0.3) is 0 Å². The van der Waals surface area contributed by atoms with E-state index in [2.05, 4.69) is 20.3 Å². The first-order valence-electron chi connectivity index (χ1n) is 4.44. The highest BCUT2D eigenvalue weighted by molar-refractivity contribution is 6.32. The summed E-state index contributed by atoms with van der Waals surface area (Å²) < 4.78 is 28.0. The predicted molar refractivity (Wildman–Crippen MR) is 55.2 cm³/mol. The Bertz CT molecular complexity index is 386. The Morgan fingerprint density at radius 3 is 3.06 bits per heavy atom. The monoisotopic (exact) mass is 253 g/mol. The maximum atomic E-state index is 11.7. The van der Waals surface area contributed by atoms with E-state index in [1.165, 1.54) is 6.20 Å². The molecule has 0 spiro atoms. The van der Waals surface area contributed by atoms with Crippen molar-refractivity contribution in [2.24, 2.45) is 0 Å². The molecule has 0 saturated carbocycles. The van der Waals surface area contributed by atoms with Gasteiger partial charge in [-0.05, 0) is 0 Å². The molecular weight excluding hydrogens is 244 g/mol. The predicted octanol–water partition coefficient (Wildman–Crippen LogP) is 1.12. The number of aromatic nitrogens is 2. The normalized spacial score (nSPS) is 10.8. The molecule has 1 aromatic heterocycles. The minimum absolute atomic E-state index is 0.0242. The van der Waals surface area contributed by atoms with Crippen LogP contribution in [0.4, 0.5) is 14.5 Å². The average Bonchev–Trinajstić information content (AvgIpc) is 2.23. The second-order valence-corrected chi connectivity index (χ2v) is 3.20. The lowest BCUT2D eigenvalue weighted by atomic mass is 10.4. The minimum Gasteiger partial charge on any atom is -0.380 e. The molecule has 0 bridgehead atoms. The van der Waals surface area contributed by atoms with E-state index in [1.54, 1.807) is 0 Å². The number of alkyl halides is 2. The Morgan fingerprint density at radius 1 is 1.62 bits per heavy atom. The summed E-state index contributed by atoms with van der Waals surface area (Å²) >= 11 is 5.65. The molecule has 1 aromatic rings. The Labute approximate surface area is 94.8 Å². The molecular formula is C8H10ClF2N3O2. The van der Waals surface area contributed by atoms with Crippen molar-refractivity contribution in [1.29, 1.82) is 0 Å². The molecule has 5 nitrogen and oxygen atoms in total. The SMILES string of the molecule is O=c1[nH]ncc(NCCOCC(F)F)c1Cl. The number of nitrogens with zero attached hydrogens (tertiary/aromatic N) is 1. The van der Waals surface area contributed by atoms with Crippen LogP contribution in [-0.4, -0.2) is 36.4 Å². The lowest BCUT2D eigenvalue weighted by Crippen LogP contribution is -2.16. The minimum atomic E-state index is -2.48. The molecule has 0 aliphatic rings. The van der Waals surface area contributed by atoms with E-state index in [0.29, 0.717) is 5.69 Å². The zero-order valence-electron chi connectivity index (χ0n) is 8.17. The van der Waals surface area contributed by atoms with E-state index in [1.807, 2.05) is 0 Å². The van der Waals surface area contributed by atoms with Crippen LogP contribution in [0, 0.1) is 0 Å². The third-order valence-corrected chi connectivity index (χ3v) is 1.98. The lowest BCUT2D eigenvalue weighted by Gasteiger charge is -2.07. The summed E-state index contributed by atoms with van der Waals surface area (Å²) in [6, 6.07) is 0. The van der Waals surface area contributed by atoms with Gasteiger partial charge in [0.2, 0.25) is 0 Å². The van der Waals surface area contributed by atoms with Gasteiger partial charge in [0.1, 0.15) is 11.6 Å². The first-order chi connectivity index (χ1) is 7.61. The molecule has 1 heterocycles.